The van der Waals surface area contributed by atoms with E-state index in [9.17, 15) is 21.4 Å². The van der Waals surface area contributed by atoms with Crippen LogP contribution < -0.4 is 16.8 Å². The molecule has 0 unspecified atom stereocenters. The van der Waals surface area contributed by atoms with Crippen LogP contribution in [-0.2, 0) is 20.2 Å². The first-order valence-corrected chi connectivity index (χ1v) is 8.87. The maximum atomic E-state index is 11.4. The zero-order chi connectivity index (χ0) is 17.4. The van der Waals surface area contributed by atoms with Crippen LogP contribution in [0.4, 0.5) is 22.7 Å². The number of nitrogen functional groups attached to an aromatic ring is 2. The fourth-order valence-electron chi connectivity index (χ4n) is 1.87. The molecule has 2 rings (SSSR count). The molecular formula is C12H13N3O6S2. The molecule has 0 amide bonds. The van der Waals surface area contributed by atoms with Crippen molar-refractivity contribution in [2.75, 3.05) is 16.8 Å². The van der Waals surface area contributed by atoms with Gasteiger partial charge in [0, 0.05) is 11.4 Å². The number of benzene rings is 2. The van der Waals surface area contributed by atoms with E-state index in [0.717, 1.165) is 12.1 Å². The summed E-state index contributed by atoms with van der Waals surface area (Å²) in [5.74, 6) is 0. The molecule has 0 bridgehead atoms. The summed E-state index contributed by atoms with van der Waals surface area (Å²) in [6.45, 7) is 0. The van der Waals surface area contributed by atoms with Gasteiger partial charge in [0.05, 0.1) is 11.4 Å². The van der Waals surface area contributed by atoms with Gasteiger partial charge in [-0.3, -0.25) is 9.11 Å². The van der Waals surface area contributed by atoms with Crippen LogP contribution in [0.1, 0.15) is 0 Å². The average molecular weight is 359 g/mol. The third-order valence-electron chi connectivity index (χ3n) is 2.85. The van der Waals surface area contributed by atoms with Gasteiger partial charge in [0.25, 0.3) is 20.2 Å². The highest BCUT2D eigenvalue weighted by molar-refractivity contribution is 7.86. The summed E-state index contributed by atoms with van der Waals surface area (Å²) in [7, 11) is -8.99. The zero-order valence-corrected chi connectivity index (χ0v) is 13.1. The van der Waals surface area contributed by atoms with Crippen LogP contribution in [0.5, 0.6) is 0 Å². The number of hydrogen-bond acceptors (Lipinski definition) is 7. The lowest BCUT2D eigenvalue weighted by Crippen LogP contribution is -2.06. The SMILES string of the molecule is Nc1ccc(Nc2ccc(S(=O)(=O)O)c(N)c2)c(S(=O)(=O)O)c1. The summed E-state index contributed by atoms with van der Waals surface area (Å²) in [5, 5.41) is 2.67. The molecule has 0 atom stereocenters. The summed E-state index contributed by atoms with van der Waals surface area (Å²) in [6.07, 6.45) is 0. The average Bonchev–Trinajstić information content (AvgIpc) is 2.38. The smallest absolute Gasteiger partial charge is 0.296 e. The molecule has 0 aromatic heterocycles. The van der Waals surface area contributed by atoms with E-state index in [0.29, 0.717) is 0 Å². The number of hydrogen-bond donors (Lipinski definition) is 5. The Morgan fingerprint density at radius 2 is 1.43 bits per heavy atom. The lowest BCUT2D eigenvalue weighted by Gasteiger charge is -2.12. The van der Waals surface area contributed by atoms with Crippen molar-refractivity contribution in [1.82, 2.24) is 0 Å². The van der Waals surface area contributed by atoms with Crippen LogP contribution in [0.15, 0.2) is 46.2 Å². The highest BCUT2D eigenvalue weighted by atomic mass is 32.2. The zero-order valence-electron chi connectivity index (χ0n) is 11.5. The maximum absolute atomic E-state index is 11.4. The van der Waals surface area contributed by atoms with Crippen molar-refractivity contribution in [2.24, 2.45) is 0 Å². The first-order valence-electron chi connectivity index (χ1n) is 5.99. The Morgan fingerprint density at radius 1 is 0.826 bits per heavy atom. The van der Waals surface area contributed by atoms with Gasteiger partial charge < -0.3 is 16.8 Å². The fraction of sp³-hybridized carbons (Fsp3) is 0. The highest BCUT2D eigenvalue weighted by Gasteiger charge is 2.18. The van der Waals surface area contributed by atoms with Crippen molar-refractivity contribution in [1.29, 1.82) is 0 Å². The number of anilines is 4. The Labute approximate surface area is 132 Å². The van der Waals surface area contributed by atoms with Gasteiger partial charge >= 0.3 is 0 Å². The molecule has 0 aliphatic carbocycles. The number of nitrogens with one attached hydrogen (secondary N) is 1. The van der Waals surface area contributed by atoms with Gasteiger partial charge in [-0.25, -0.2) is 0 Å². The van der Waals surface area contributed by atoms with Crippen LogP contribution in [0.2, 0.25) is 0 Å². The summed E-state index contributed by atoms with van der Waals surface area (Å²) in [5.41, 5.74) is 11.2. The molecule has 0 saturated heterocycles. The molecule has 2 aromatic carbocycles. The van der Waals surface area contributed by atoms with Crippen LogP contribution in [0.3, 0.4) is 0 Å². The normalized spacial score (nSPS) is 12.1. The van der Waals surface area contributed by atoms with E-state index in [-0.39, 0.29) is 22.7 Å². The van der Waals surface area contributed by atoms with E-state index < -0.39 is 30.0 Å². The Kier molecular flexibility index (Phi) is 4.22. The molecule has 11 heteroatoms. The quantitative estimate of drug-likeness (QED) is 0.395. The van der Waals surface area contributed by atoms with Gasteiger partial charge in [0.15, 0.2) is 0 Å². The van der Waals surface area contributed by atoms with Gasteiger partial charge in [-0.2, -0.15) is 16.8 Å². The Bertz CT molecular complexity index is 970. The van der Waals surface area contributed by atoms with Crippen molar-refractivity contribution >= 4 is 43.0 Å². The predicted molar refractivity (Wildman–Crippen MR) is 84.6 cm³/mol. The monoisotopic (exact) mass is 359 g/mol. The van der Waals surface area contributed by atoms with Gasteiger partial charge in [-0.1, -0.05) is 0 Å². The lowest BCUT2D eigenvalue weighted by molar-refractivity contribution is 0.481. The molecule has 0 saturated carbocycles. The summed E-state index contributed by atoms with van der Waals surface area (Å²) < 4.78 is 63.1. The molecule has 23 heavy (non-hydrogen) atoms. The fourth-order valence-corrected chi connectivity index (χ4v) is 3.15. The molecular weight excluding hydrogens is 346 g/mol. The van der Waals surface area contributed by atoms with E-state index in [4.69, 9.17) is 16.0 Å². The van der Waals surface area contributed by atoms with Crippen molar-refractivity contribution in [3.63, 3.8) is 0 Å². The van der Waals surface area contributed by atoms with Gasteiger partial charge in [0.2, 0.25) is 0 Å². The lowest BCUT2D eigenvalue weighted by atomic mass is 10.2. The van der Waals surface area contributed by atoms with Crippen molar-refractivity contribution < 1.29 is 25.9 Å². The molecule has 124 valence electrons. The van der Waals surface area contributed by atoms with Crippen LogP contribution in [0, 0.1) is 0 Å². The van der Waals surface area contributed by atoms with Gasteiger partial charge in [-0.15, -0.1) is 0 Å². The second-order valence-electron chi connectivity index (χ2n) is 4.58. The third kappa shape index (κ3) is 3.90. The second-order valence-corrected chi connectivity index (χ2v) is 7.36. The molecule has 9 nitrogen and oxygen atoms in total. The first-order chi connectivity index (χ1) is 10.5. The number of nitrogens with two attached hydrogens (primary N) is 2. The van der Waals surface area contributed by atoms with Crippen LogP contribution >= 0.6 is 0 Å². The number of rotatable bonds is 4. The first kappa shape index (κ1) is 17.0. The van der Waals surface area contributed by atoms with Crippen molar-refractivity contribution in [2.45, 2.75) is 9.79 Å². The van der Waals surface area contributed by atoms with Crippen LogP contribution in [-0.4, -0.2) is 25.9 Å². The van der Waals surface area contributed by atoms with Crippen molar-refractivity contribution in [3.05, 3.63) is 36.4 Å². The Morgan fingerprint density at radius 3 is 1.96 bits per heavy atom. The molecule has 0 fully saturated rings. The minimum Gasteiger partial charge on any atom is -0.399 e. The minimum absolute atomic E-state index is 0.0145. The molecule has 2 aromatic rings. The summed E-state index contributed by atoms with van der Waals surface area (Å²) >= 11 is 0. The van der Waals surface area contributed by atoms with Gasteiger partial charge in [0.1, 0.15) is 9.79 Å². The third-order valence-corrected chi connectivity index (χ3v) is 4.67. The highest BCUT2D eigenvalue weighted by Crippen LogP contribution is 2.29. The van der Waals surface area contributed by atoms with E-state index >= 15 is 0 Å². The summed E-state index contributed by atoms with van der Waals surface area (Å²) in [4.78, 5) is -0.926. The summed E-state index contributed by atoms with van der Waals surface area (Å²) in [6, 6.07) is 7.31. The van der Waals surface area contributed by atoms with E-state index in [1.807, 2.05) is 0 Å². The second kappa shape index (κ2) is 5.70. The molecule has 0 aliphatic heterocycles. The predicted octanol–water partition coefficient (Wildman–Crippen LogP) is 1.09. The van der Waals surface area contributed by atoms with Gasteiger partial charge in [-0.05, 0) is 36.4 Å². The molecule has 7 N–H and O–H groups in total. The Balaban J connectivity index is 2.47. The van der Waals surface area contributed by atoms with E-state index in [2.05, 4.69) is 5.32 Å². The van der Waals surface area contributed by atoms with E-state index in [1.165, 1.54) is 24.3 Å². The molecule has 0 spiro atoms. The molecule has 0 heterocycles. The van der Waals surface area contributed by atoms with Crippen LogP contribution in [0.25, 0.3) is 0 Å². The molecule has 0 radical (unpaired) electrons. The topological polar surface area (TPSA) is 173 Å². The Hall–Kier alpha value is -2.34. The maximum Gasteiger partial charge on any atom is 0.296 e. The molecule has 0 aliphatic rings. The van der Waals surface area contributed by atoms with Crippen molar-refractivity contribution in [3.8, 4) is 0 Å². The van der Waals surface area contributed by atoms with E-state index in [1.54, 1.807) is 0 Å². The minimum atomic E-state index is -4.53. The largest absolute Gasteiger partial charge is 0.399 e. The standard InChI is InChI=1S/C12H13N3O6S2/c13-7-1-3-10(12(5-7)23(19,20)21)15-8-2-4-11(9(14)6-8)22(16,17)18/h1-6,15H,13-14H2,(H,16,17,18)(H,19,20,21).